The van der Waals surface area contributed by atoms with Crippen LogP contribution in [0.3, 0.4) is 0 Å². The Labute approximate surface area is 182 Å². The minimum atomic E-state index is -0.222. The van der Waals surface area contributed by atoms with Gasteiger partial charge in [0.25, 0.3) is 11.8 Å². The predicted octanol–water partition coefficient (Wildman–Crippen LogP) is 3.66. The normalized spacial score (nSPS) is 10.3. The molecule has 1 N–H and O–H groups in total. The highest BCUT2D eigenvalue weighted by Gasteiger charge is 2.09. The van der Waals surface area contributed by atoms with Gasteiger partial charge in [0.1, 0.15) is 18.1 Å². The molecule has 2 amide bonds. The number of nitrogens with zero attached hydrogens (tertiary/aromatic N) is 1. The third-order valence-corrected chi connectivity index (χ3v) is 4.56. The van der Waals surface area contributed by atoms with E-state index in [0.717, 1.165) is 16.9 Å². The number of benzene rings is 3. The van der Waals surface area contributed by atoms with Crippen molar-refractivity contribution in [2.24, 2.45) is 0 Å². The Hall–Kier alpha value is -3.80. The molecule has 0 aliphatic heterocycles. The van der Waals surface area contributed by atoms with Gasteiger partial charge in [-0.2, -0.15) is 0 Å². The average molecular weight is 418 g/mol. The molecule has 0 atom stereocenters. The van der Waals surface area contributed by atoms with E-state index in [9.17, 15) is 9.59 Å². The van der Waals surface area contributed by atoms with Gasteiger partial charge in [0, 0.05) is 26.2 Å². The Morgan fingerprint density at radius 1 is 0.806 bits per heavy atom. The summed E-state index contributed by atoms with van der Waals surface area (Å²) in [6, 6.07) is 24.4. The fourth-order valence-electron chi connectivity index (χ4n) is 2.77. The van der Waals surface area contributed by atoms with Crippen LogP contribution in [0.2, 0.25) is 0 Å². The molecule has 160 valence electrons. The second-order valence-corrected chi connectivity index (χ2v) is 7.21. The summed E-state index contributed by atoms with van der Waals surface area (Å²) in [6.45, 7) is 0.777. The Bertz CT molecular complexity index is 1020. The molecule has 0 fully saturated rings. The van der Waals surface area contributed by atoms with Gasteiger partial charge >= 0.3 is 0 Å². The van der Waals surface area contributed by atoms with E-state index >= 15 is 0 Å². The summed E-state index contributed by atoms with van der Waals surface area (Å²) in [7, 11) is 3.33. The first-order valence-corrected chi connectivity index (χ1v) is 9.98. The van der Waals surface area contributed by atoms with Crippen LogP contribution in [0.1, 0.15) is 21.5 Å². The molecule has 0 heterocycles. The van der Waals surface area contributed by atoms with E-state index in [2.05, 4.69) is 5.32 Å². The van der Waals surface area contributed by atoms with Gasteiger partial charge in [-0.1, -0.05) is 48.5 Å². The molecule has 3 aromatic carbocycles. The zero-order chi connectivity index (χ0) is 22.1. The maximum atomic E-state index is 12.5. The van der Waals surface area contributed by atoms with Crippen molar-refractivity contribution >= 4 is 11.8 Å². The summed E-state index contributed by atoms with van der Waals surface area (Å²) >= 11 is 0. The van der Waals surface area contributed by atoms with Crippen LogP contribution >= 0.6 is 0 Å². The van der Waals surface area contributed by atoms with Crippen LogP contribution in [0.25, 0.3) is 0 Å². The standard InChI is InChI=1S/C25H26N2O4/c1-27(2)24(28)18-31-23-13-7-11-21(15-23)25(29)26-16-20-10-6-12-22(14-20)30-17-19-8-4-3-5-9-19/h3-15H,16-18H2,1-2H3,(H,26,29). The number of carbonyl (C=O) groups excluding carboxylic acids is 2. The van der Waals surface area contributed by atoms with E-state index in [1.165, 1.54) is 4.90 Å². The highest BCUT2D eigenvalue weighted by Crippen LogP contribution is 2.16. The van der Waals surface area contributed by atoms with Crippen LogP contribution in [0, 0.1) is 0 Å². The van der Waals surface area contributed by atoms with E-state index in [-0.39, 0.29) is 18.4 Å². The van der Waals surface area contributed by atoms with E-state index < -0.39 is 0 Å². The van der Waals surface area contributed by atoms with E-state index in [1.54, 1.807) is 38.4 Å². The van der Waals surface area contributed by atoms with Crippen molar-refractivity contribution in [1.29, 1.82) is 0 Å². The van der Waals surface area contributed by atoms with Crippen LogP contribution in [0.4, 0.5) is 0 Å². The lowest BCUT2D eigenvalue weighted by Crippen LogP contribution is -2.27. The molecule has 31 heavy (non-hydrogen) atoms. The lowest BCUT2D eigenvalue weighted by atomic mass is 10.1. The van der Waals surface area contributed by atoms with Gasteiger partial charge < -0.3 is 19.7 Å². The number of nitrogens with one attached hydrogen (secondary N) is 1. The van der Waals surface area contributed by atoms with Crippen LogP contribution < -0.4 is 14.8 Å². The van der Waals surface area contributed by atoms with Crippen molar-refractivity contribution in [2.75, 3.05) is 20.7 Å². The Morgan fingerprint density at radius 3 is 2.23 bits per heavy atom. The van der Waals surface area contributed by atoms with Crippen LogP contribution in [-0.2, 0) is 17.9 Å². The quantitative estimate of drug-likeness (QED) is 0.576. The number of carbonyl (C=O) groups is 2. The third-order valence-electron chi connectivity index (χ3n) is 4.56. The maximum absolute atomic E-state index is 12.5. The monoisotopic (exact) mass is 418 g/mol. The van der Waals surface area contributed by atoms with Crippen molar-refractivity contribution in [3.63, 3.8) is 0 Å². The molecule has 0 radical (unpaired) electrons. The zero-order valence-corrected chi connectivity index (χ0v) is 17.7. The predicted molar refractivity (Wildman–Crippen MR) is 119 cm³/mol. The SMILES string of the molecule is CN(C)C(=O)COc1cccc(C(=O)NCc2cccc(OCc3ccccc3)c2)c1. The van der Waals surface area contributed by atoms with E-state index in [4.69, 9.17) is 9.47 Å². The molecule has 0 spiro atoms. The Kier molecular flexibility index (Phi) is 7.65. The molecular formula is C25H26N2O4. The highest BCUT2D eigenvalue weighted by atomic mass is 16.5. The number of ether oxygens (including phenoxy) is 2. The van der Waals surface area contributed by atoms with Crippen LogP contribution in [0.5, 0.6) is 11.5 Å². The van der Waals surface area contributed by atoms with Gasteiger partial charge in [-0.05, 0) is 41.5 Å². The van der Waals surface area contributed by atoms with Crippen LogP contribution in [0.15, 0.2) is 78.9 Å². The molecule has 0 aromatic heterocycles. The van der Waals surface area contributed by atoms with E-state index in [0.29, 0.717) is 24.5 Å². The average Bonchev–Trinajstić information content (AvgIpc) is 2.80. The fourth-order valence-corrected chi connectivity index (χ4v) is 2.77. The van der Waals surface area contributed by atoms with Gasteiger partial charge in [0.15, 0.2) is 6.61 Å². The van der Waals surface area contributed by atoms with Gasteiger partial charge in [0.2, 0.25) is 0 Å². The topological polar surface area (TPSA) is 67.9 Å². The summed E-state index contributed by atoms with van der Waals surface area (Å²) in [5.41, 5.74) is 2.49. The first-order valence-electron chi connectivity index (χ1n) is 9.98. The molecule has 0 unspecified atom stereocenters. The first-order chi connectivity index (χ1) is 15.0. The molecule has 0 aliphatic carbocycles. The summed E-state index contributed by atoms with van der Waals surface area (Å²) in [5, 5.41) is 2.90. The summed E-state index contributed by atoms with van der Waals surface area (Å²) in [5.74, 6) is 0.847. The zero-order valence-electron chi connectivity index (χ0n) is 17.7. The highest BCUT2D eigenvalue weighted by molar-refractivity contribution is 5.94. The molecule has 0 aliphatic rings. The second-order valence-electron chi connectivity index (χ2n) is 7.21. The minimum Gasteiger partial charge on any atom is -0.489 e. The number of likely N-dealkylation sites (N-methyl/N-ethyl adjacent to an activating group) is 1. The third kappa shape index (κ3) is 6.89. The summed E-state index contributed by atoms with van der Waals surface area (Å²) in [4.78, 5) is 25.7. The van der Waals surface area contributed by atoms with Crippen molar-refractivity contribution in [3.05, 3.63) is 95.6 Å². The smallest absolute Gasteiger partial charge is 0.259 e. The lowest BCUT2D eigenvalue weighted by Gasteiger charge is -2.12. The second kappa shape index (κ2) is 10.8. The number of hydrogen-bond donors (Lipinski definition) is 1. The van der Waals surface area contributed by atoms with Gasteiger partial charge in [0.05, 0.1) is 0 Å². The molecule has 6 nitrogen and oxygen atoms in total. The van der Waals surface area contributed by atoms with Gasteiger partial charge in [-0.25, -0.2) is 0 Å². The molecule has 3 aromatic rings. The lowest BCUT2D eigenvalue weighted by molar-refractivity contribution is -0.130. The molecule has 3 rings (SSSR count). The van der Waals surface area contributed by atoms with Crippen molar-refractivity contribution in [1.82, 2.24) is 10.2 Å². The summed E-state index contributed by atoms with van der Waals surface area (Å²) in [6.07, 6.45) is 0. The molecule has 0 bridgehead atoms. The molecular weight excluding hydrogens is 392 g/mol. The Balaban J connectivity index is 1.53. The van der Waals surface area contributed by atoms with Crippen molar-refractivity contribution in [2.45, 2.75) is 13.2 Å². The number of rotatable bonds is 9. The maximum Gasteiger partial charge on any atom is 0.259 e. The largest absolute Gasteiger partial charge is 0.489 e. The summed E-state index contributed by atoms with van der Waals surface area (Å²) < 4.78 is 11.3. The number of hydrogen-bond acceptors (Lipinski definition) is 4. The Morgan fingerprint density at radius 2 is 1.48 bits per heavy atom. The first kappa shape index (κ1) is 21.9. The van der Waals surface area contributed by atoms with Gasteiger partial charge in [-0.15, -0.1) is 0 Å². The van der Waals surface area contributed by atoms with Crippen molar-refractivity contribution < 1.29 is 19.1 Å². The molecule has 6 heteroatoms. The minimum absolute atomic E-state index is 0.0755. The van der Waals surface area contributed by atoms with E-state index in [1.807, 2.05) is 54.6 Å². The number of amides is 2. The van der Waals surface area contributed by atoms with Gasteiger partial charge in [-0.3, -0.25) is 9.59 Å². The fraction of sp³-hybridized carbons (Fsp3) is 0.200. The molecule has 0 saturated heterocycles. The van der Waals surface area contributed by atoms with Crippen molar-refractivity contribution in [3.8, 4) is 11.5 Å². The molecule has 0 saturated carbocycles. The van der Waals surface area contributed by atoms with Crippen LogP contribution in [-0.4, -0.2) is 37.4 Å².